The Hall–Kier alpha value is -1.93. The highest BCUT2D eigenvalue weighted by atomic mass is 32.2. The number of hydrogen-bond donors (Lipinski definition) is 0. The molecule has 0 saturated carbocycles. The van der Waals surface area contributed by atoms with E-state index in [2.05, 4.69) is 4.98 Å². The Labute approximate surface area is 148 Å². The molecule has 1 aromatic heterocycles. The Morgan fingerprint density at radius 1 is 1.20 bits per heavy atom. The Bertz CT molecular complexity index is 896. The van der Waals surface area contributed by atoms with E-state index in [4.69, 9.17) is 0 Å². The lowest BCUT2D eigenvalue weighted by Gasteiger charge is -2.34. The number of amides is 1. The SMILES string of the molecule is CCCS(=O)(=O)N1CCN(C(=O)c2ccc3c(c2)nc(C)n3C)CC1. The Morgan fingerprint density at radius 3 is 2.52 bits per heavy atom. The number of aryl methyl sites for hydroxylation is 2. The van der Waals surface area contributed by atoms with Gasteiger partial charge in [-0.15, -0.1) is 0 Å². The molecule has 0 N–H and O–H groups in total. The quantitative estimate of drug-likeness (QED) is 0.821. The lowest BCUT2D eigenvalue weighted by molar-refractivity contribution is 0.0698. The van der Waals surface area contributed by atoms with E-state index < -0.39 is 10.0 Å². The molecule has 25 heavy (non-hydrogen) atoms. The largest absolute Gasteiger partial charge is 0.336 e. The summed E-state index contributed by atoms with van der Waals surface area (Å²) in [7, 11) is -1.25. The van der Waals surface area contributed by atoms with E-state index in [1.165, 1.54) is 4.31 Å². The van der Waals surface area contributed by atoms with Crippen molar-refractivity contribution in [2.75, 3.05) is 31.9 Å². The van der Waals surface area contributed by atoms with E-state index in [0.29, 0.717) is 38.2 Å². The lowest BCUT2D eigenvalue weighted by atomic mass is 10.1. The first kappa shape index (κ1) is 17.9. The van der Waals surface area contributed by atoms with Crippen LogP contribution in [0.2, 0.25) is 0 Å². The summed E-state index contributed by atoms with van der Waals surface area (Å²) in [5.41, 5.74) is 2.38. The number of nitrogens with zero attached hydrogens (tertiary/aromatic N) is 4. The second-order valence-corrected chi connectivity index (χ2v) is 8.52. The van der Waals surface area contributed by atoms with E-state index >= 15 is 0 Å². The normalized spacial score (nSPS) is 16.5. The second-order valence-electron chi connectivity index (χ2n) is 6.43. The van der Waals surface area contributed by atoms with Crippen molar-refractivity contribution in [3.05, 3.63) is 29.6 Å². The molecule has 0 bridgehead atoms. The van der Waals surface area contributed by atoms with Crippen LogP contribution < -0.4 is 0 Å². The lowest BCUT2D eigenvalue weighted by Crippen LogP contribution is -2.51. The minimum atomic E-state index is -3.20. The molecule has 1 fully saturated rings. The third-order valence-electron chi connectivity index (χ3n) is 4.73. The van der Waals surface area contributed by atoms with Crippen molar-refractivity contribution >= 4 is 27.0 Å². The predicted octanol–water partition coefficient (Wildman–Crippen LogP) is 1.38. The van der Waals surface area contributed by atoms with Crippen molar-refractivity contribution in [3.63, 3.8) is 0 Å². The fourth-order valence-electron chi connectivity index (χ4n) is 3.19. The topological polar surface area (TPSA) is 75.5 Å². The van der Waals surface area contributed by atoms with Crippen LogP contribution in [0, 0.1) is 6.92 Å². The van der Waals surface area contributed by atoms with Crippen molar-refractivity contribution in [2.45, 2.75) is 20.3 Å². The van der Waals surface area contributed by atoms with E-state index in [-0.39, 0.29) is 11.7 Å². The molecule has 3 rings (SSSR count). The zero-order valence-electron chi connectivity index (χ0n) is 14.9. The molecule has 0 radical (unpaired) electrons. The van der Waals surface area contributed by atoms with Crippen LogP contribution in [0.25, 0.3) is 11.0 Å². The van der Waals surface area contributed by atoms with Gasteiger partial charge < -0.3 is 9.47 Å². The molecule has 0 spiro atoms. The number of carbonyl (C=O) groups is 1. The molecule has 1 aliphatic heterocycles. The second kappa shape index (κ2) is 6.76. The Morgan fingerprint density at radius 2 is 1.88 bits per heavy atom. The number of aromatic nitrogens is 2. The first-order valence-electron chi connectivity index (χ1n) is 8.53. The first-order valence-corrected chi connectivity index (χ1v) is 10.1. The molecule has 1 aliphatic rings. The van der Waals surface area contributed by atoms with E-state index in [9.17, 15) is 13.2 Å². The molecule has 0 unspecified atom stereocenters. The fraction of sp³-hybridized carbons (Fsp3) is 0.529. The van der Waals surface area contributed by atoms with Crippen LogP contribution >= 0.6 is 0 Å². The summed E-state index contributed by atoms with van der Waals surface area (Å²) in [5, 5.41) is 0. The van der Waals surface area contributed by atoms with Gasteiger partial charge in [0.15, 0.2) is 0 Å². The number of carbonyl (C=O) groups excluding carboxylic acids is 1. The standard InChI is InChI=1S/C17H24N4O3S/c1-4-11-25(23,24)21-9-7-20(8-10-21)17(22)14-5-6-16-15(12-14)18-13(2)19(16)3/h5-6,12H,4,7-11H2,1-3H3. The summed E-state index contributed by atoms with van der Waals surface area (Å²) in [6.07, 6.45) is 0.602. The maximum atomic E-state index is 12.7. The number of piperazine rings is 1. The smallest absolute Gasteiger partial charge is 0.254 e. The van der Waals surface area contributed by atoms with Gasteiger partial charge in [0.05, 0.1) is 16.8 Å². The molecular formula is C17H24N4O3S. The Balaban J connectivity index is 1.73. The molecule has 2 aromatic rings. The summed E-state index contributed by atoms with van der Waals surface area (Å²) in [6, 6.07) is 5.53. The molecular weight excluding hydrogens is 340 g/mol. The summed E-state index contributed by atoms with van der Waals surface area (Å²) in [6.45, 7) is 5.34. The van der Waals surface area contributed by atoms with Crippen LogP contribution in [0.1, 0.15) is 29.5 Å². The highest BCUT2D eigenvalue weighted by molar-refractivity contribution is 7.89. The maximum absolute atomic E-state index is 12.7. The Kier molecular flexibility index (Phi) is 4.83. The first-order chi connectivity index (χ1) is 11.8. The minimum absolute atomic E-state index is 0.0715. The van der Waals surface area contributed by atoms with Crippen LogP contribution in [-0.2, 0) is 17.1 Å². The van der Waals surface area contributed by atoms with Crippen LogP contribution in [0.4, 0.5) is 0 Å². The average molecular weight is 364 g/mol. The number of imidazole rings is 1. The monoisotopic (exact) mass is 364 g/mol. The van der Waals surface area contributed by atoms with Crippen molar-refractivity contribution in [1.29, 1.82) is 0 Å². The summed E-state index contributed by atoms with van der Waals surface area (Å²) < 4.78 is 27.7. The van der Waals surface area contributed by atoms with Crippen molar-refractivity contribution < 1.29 is 13.2 Å². The predicted molar refractivity (Wildman–Crippen MR) is 97.0 cm³/mol. The van der Waals surface area contributed by atoms with Gasteiger partial charge >= 0.3 is 0 Å². The zero-order chi connectivity index (χ0) is 18.2. The van der Waals surface area contributed by atoms with Gasteiger partial charge in [-0.3, -0.25) is 4.79 Å². The van der Waals surface area contributed by atoms with Crippen molar-refractivity contribution in [1.82, 2.24) is 18.8 Å². The van der Waals surface area contributed by atoms with Gasteiger partial charge in [-0.05, 0) is 31.5 Å². The highest BCUT2D eigenvalue weighted by Crippen LogP contribution is 2.18. The molecule has 7 nitrogen and oxygen atoms in total. The van der Waals surface area contributed by atoms with Crippen LogP contribution in [-0.4, -0.2) is 65.0 Å². The fourth-order valence-corrected chi connectivity index (χ4v) is 4.69. The average Bonchev–Trinajstić information content (AvgIpc) is 2.88. The molecule has 1 aromatic carbocycles. The van der Waals surface area contributed by atoms with Gasteiger partial charge in [0.25, 0.3) is 5.91 Å². The summed E-state index contributed by atoms with van der Waals surface area (Å²) >= 11 is 0. The number of fused-ring (bicyclic) bond motifs is 1. The molecule has 0 aliphatic carbocycles. The third-order valence-corrected chi connectivity index (χ3v) is 6.81. The molecule has 2 heterocycles. The van der Waals surface area contributed by atoms with Gasteiger partial charge in [-0.1, -0.05) is 6.92 Å². The molecule has 1 amide bonds. The summed E-state index contributed by atoms with van der Waals surface area (Å²) in [5.74, 6) is 0.989. The molecule has 1 saturated heterocycles. The van der Waals surface area contributed by atoms with Gasteiger partial charge in [0.1, 0.15) is 5.82 Å². The van der Waals surface area contributed by atoms with Crippen LogP contribution in [0.3, 0.4) is 0 Å². The number of hydrogen-bond acceptors (Lipinski definition) is 4. The van der Waals surface area contributed by atoms with E-state index in [1.54, 1.807) is 4.90 Å². The van der Waals surface area contributed by atoms with Crippen molar-refractivity contribution in [2.24, 2.45) is 7.05 Å². The molecule has 8 heteroatoms. The van der Waals surface area contributed by atoms with Crippen molar-refractivity contribution in [3.8, 4) is 0 Å². The number of rotatable bonds is 4. The minimum Gasteiger partial charge on any atom is -0.336 e. The highest BCUT2D eigenvalue weighted by Gasteiger charge is 2.28. The maximum Gasteiger partial charge on any atom is 0.254 e. The number of benzene rings is 1. The number of sulfonamides is 1. The van der Waals surface area contributed by atoms with Gasteiger partial charge in [0.2, 0.25) is 10.0 Å². The molecule has 136 valence electrons. The van der Waals surface area contributed by atoms with Gasteiger partial charge in [0, 0.05) is 38.8 Å². The van der Waals surface area contributed by atoms with Gasteiger partial charge in [-0.2, -0.15) is 4.31 Å². The van der Waals surface area contributed by atoms with Gasteiger partial charge in [-0.25, -0.2) is 13.4 Å². The van der Waals surface area contributed by atoms with Crippen LogP contribution in [0.15, 0.2) is 18.2 Å². The van der Waals surface area contributed by atoms with Crippen LogP contribution in [0.5, 0.6) is 0 Å². The summed E-state index contributed by atoms with van der Waals surface area (Å²) in [4.78, 5) is 18.9. The molecule has 0 atom stereocenters. The zero-order valence-corrected chi connectivity index (χ0v) is 15.7. The van der Waals surface area contributed by atoms with E-state index in [0.717, 1.165) is 16.9 Å². The van der Waals surface area contributed by atoms with E-state index in [1.807, 2.05) is 43.7 Å². The third kappa shape index (κ3) is 3.41.